The van der Waals surface area contributed by atoms with Gasteiger partial charge in [0, 0.05) is 6.04 Å². The summed E-state index contributed by atoms with van der Waals surface area (Å²) in [6, 6.07) is 8.92. The summed E-state index contributed by atoms with van der Waals surface area (Å²) in [6.07, 6.45) is 2.04. The van der Waals surface area contributed by atoms with Crippen LogP contribution in [0, 0.1) is 0 Å². The predicted molar refractivity (Wildman–Crippen MR) is 83.6 cm³/mol. The van der Waals surface area contributed by atoms with Crippen LogP contribution in [0.25, 0.3) is 0 Å². The summed E-state index contributed by atoms with van der Waals surface area (Å²) in [5.74, 6) is -0.457. The quantitative estimate of drug-likeness (QED) is 0.811. The molecule has 0 bridgehead atoms. The number of nitrogens with two attached hydrogens (primary N) is 1. The van der Waals surface area contributed by atoms with Crippen LogP contribution in [0.4, 0.5) is 11.4 Å². The number of anilines is 2. The zero-order chi connectivity index (χ0) is 14.8. The Balaban J connectivity index is 1.80. The monoisotopic (exact) mass is 301 g/mol. The maximum absolute atomic E-state index is 12.2. The van der Waals surface area contributed by atoms with Crippen LogP contribution in [0.3, 0.4) is 0 Å². The first kappa shape index (κ1) is 13.6. The van der Waals surface area contributed by atoms with Gasteiger partial charge in [0.05, 0.1) is 16.9 Å². The first-order valence-corrected chi connectivity index (χ1v) is 7.57. The van der Waals surface area contributed by atoms with Crippen LogP contribution in [0.5, 0.6) is 0 Å². The van der Waals surface area contributed by atoms with Gasteiger partial charge < -0.3 is 16.4 Å². The highest BCUT2D eigenvalue weighted by atomic mass is 32.1. The van der Waals surface area contributed by atoms with Crippen molar-refractivity contribution >= 4 is 34.5 Å². The predicted octanol–water partition coefficient (Wildman–Crippen LogP) is 2.47. The Labute approximate surface area is 126 Å². The Morgan fingerprint density at radius 3 is 2.57 bits per heavy atom. The number of benzene rings is 1. The van der Waals surface area contributed by atoms with E-state index in [-0.39, 0.29) is 17.9 Å². The Bertz CT molecular complexity index is 692. The van der Waals surface area contributed by atoms with Gasteiger partial charge in [0.15, 0.2) is 0 Å². The standard InChI is InChI=1S/C15H15N3O2S/c16-11-7-8-21-13(11)15(20)18-12-4-2-1-3-10(12)14(19)17-9-5-6-9/h1-4,7-9H,5-6,16H2,(H,17,19)(H,18,20). The second-order valence-corrected chi connectivity index (χ2v) is 5.87. The molecule has 5 nitrogen and oxygen atoms in total. The van der Waals surface area contributed by atoms with E-state index in [9.17, 15) is 9.59 Å². The molecule has 2 amide bonds. The summed E-state index contributed by atoms with van der Waals surface area (Å²) < 4.78 is 0. The van der Waals surface area contributed by atoms with E-state index in [0.717, 1.165) is 12.8 Å². The van der Waals surface area contributed by atoms with Crippen molar-refractivity contribution in [2.24, 2.45) is 0 Å². The maximum Gasteiger partial charge on any atom is 0.267 e. The van der Waals surface area contributed by atoms with Crippen LogP contribution in [-0.4, -0.2) is 17.9 Å². The average Bonchev–Trinajstić information content (AvgIpc) is 3.17. The van der Waals surface area contributed by atoms with Gasteiger partial charge in [0.25, 0.3) is 11.8 Å². The second kappa shape index (κ2) is 5.57. The molecule has 4 N–H and O–H groups in total. The molecule has 1 heterocycles. The number of nitrogens with one attached hydrogen (secondary N) is 2. The van der Waals surface area contributed by atoms with Crippen molar-refractivity contribution in [3.8, 4) is 0 Å². The van der Waals surface area contributed by atoms with Gasteiger partial charge in [0.1, 0.15) is 4.88 Å². The van der Waals surface area contributed by atoms with Crippen LogP contribution >= 0.6 is 11.3 Å². The molecule has 108 valence electrons. The van der Waals surface area contributed by atoms with Crippen molar-refractivity contribution < 1.29 is 9.59 Å². The fraction of sp³-hybridized carbons (Fsp3) is 0.200. The molecule has 0 atom stereocenters. The maximum atomic E-state index is 12.2. The van der Waals surface area contributed by atoms with Crippen molar-refractivity contribution in [1.29, 1.82) is 0 Å². The fourth-order valence-electron chi connectivity index (χ4n) is 1.96. The van der Waals surface area contributed by atoms with Crippen LogP contribution < -0.4 is 16.4 Å². The highest BCUT2D eigenvalue weighted by Gasteiger charge is 2.25. The van der Waals surface area contributed by atoms with Crippen molar-refractivity contribution in [1.82, 2.24) is 5.32 Å². The van der Waals surface area contributed by atoms with Crippen LogP contribution in [0.15, 0.2) is 35.7 Å². The molecule has 1 aliphatic carbocycles. The number of carbonyl (C=O) groups is 2. The van der Waals surface area contributed by atoms with Crippen molar-refractivity contribution in [2.75, 3.05) is 11.1 Å². The molecule has 0 unspecified atom stereocenters. The summed E-state index contributed by atoms with van der Waals surface area (Å²) >= 11 is 1.27. The van der Waals surface area contributed by atoms with E-state index in [1.807, 2.05) is 0 Å². The third kappa shape index (κ3) is 3.05. The number of carbonyl (C=O) groups excluding carboxylic acids is 2. The second-order valence-electron chi connectivity index (χ2n) is 4.95. The van der Waals surface area contributed by atoms with E-state index in [1.54, 1.807) is 35.7 Å². The van der Waals surface area contributed by atoms with Gasteiger partial charge in [-0.15, -0.1) is 11.3 Å². The smallest absolute Gasteiger partial charge is 0.267 e. The molecule has 0 saturated heterocycles. The number of para-hydroxylation sites is 1. The molecule has 3 rings (SSSR count). The van der Waals surface area contributed by atoms with Crippen LogP contribution in [-0.2, 0) is 0 Å². The molecular formula is C15H15N3O2S. The van der Waals surface area contributed by atoms with Gasteiger partial charge in [-0.3, -0.25) is 9.59 Å². The first-order chi connectivity index (χ1) is 10.1. The number of rotatable bonds is 4. The Morgan fingerprint density at radius 2 is 1.90 bits per heavy atom. The molecule has 21 heavy (non-hydrogen) atoms. The summed E-state index contributed by atoms with van der Waals surface area (Å²) in [5.41, 5.74) is 7.14. The van der Waals surface area contributed by atoms with Gasteiger partial charge in [-0.25, -0.2) is 0 Å². The van der Waals surface area contributed by atoms with Gasteiger partial charge >= 0.3 is 0 Å². The van der Waals surface area contributed by atoms with Gasteiger partial charge in [0.2, 0.25) is 0 Å². The van der Waals surface area contributed by atoms with Crippen molar-refractivity contribution in [3.05, 3.63) is 46.2 Å². The van der Waals surface area contributed by atoms with Crippen LogP contribution in [0.2, 0.25) is 0 Å². The summed E-state index contributed by atoms with van der Waals surface area (Å²) in [7, 11) is 0. The molecule has 1 aromatic heterocycles. The van der Waals surface area contributed by atoms with Gasteiger partial charge in [-0.05, 0) is 36.4 Å². The number of hydrogen-bond donors (Lipinski definition) is 3. The molecular weight excluding hydrogens is 286 g/mol. The summed E-state index contributed by atoms with van der Waals surface area (Å²) in [4.78, 5) is 24.8. The SMILES string of the molecule is Nc1ccsc1C(=O)Nc1ccccc1C(=O)NC1CC1. The van der Waals surface area contributed by atoms with Crippen molar-refractivity contribution in [3.63, 3.8) is 0 Å². The van der Waals surface area contributed by atoms with E-state index in [0.29, 0.717) is 21.8 Å². The van der Waals surface area contributed by atoms with E-state index in [1.165, 1.54) is 11.3 Å². The normalized spacial score (nSPS) is 13.7. The highest BCUT2D eigenvalue weighted by Crippen LogP contribution is 2.24. The van der Waals surface area contributed by atoms with E-state index in [4.69, 9.17) is 5.73 Å². The van der Waals surface area contributed by atoms with Crippen molar-refractivity contribution in [2.45, 2.75) is 18.9 Å². The first-order valence-electron chi connectivity index (χ1n) is 6.69. The zero-order valence-corrected chi connectivity index (χ0v) is 12.1. The Kier molecular flexibility index (Phi) is 3.62. The third-order valence-corrected chi connectivity index (χ3v) is 4.16. The van der Waals surface area contributed by atoms with E-state index in [2.05, 4.69) is 10.6 Å². The van der Waals surface area contributed by atoms with E-state index < -0.39 is 0 Å². The fourth-order valence-corrected chi connectivity index (χ4v) is 2.68. The largest absolute Gasteiger partial charge is 0.397 e. The number of hydrogen-bond acceptors (Lipinski definition) is 4. The van der Waals surface area contributed by atoms with Crippen LogP contribution in [0.1, 0.15) is 32.9 Å². The number of nitrogen functional groups attached to an aromatic ring is 1. The molecule has 1 aromatic carbocycles. The minimum Gasteiger partial charge on any atom is -0.397 e. The molecule has 0 aliphatic heterocycles. The lowest BCUT2D eigenvalue weighted by atomic mass is 10.1. The molecule has 1 fully saturated rings. The lowest BCUT2D eigenvalue weighted by molar-refractivity contribution is 0.0952. The molecule has 1 saturated carbocycles. The highest BCUT2D eigenvalue weighted by molar-refractivity contribution is 7.12. The lowest BCUT2D eigenvalue weighted by Gasteiger charge is -2.10. The number of thiophene rings is 1. The Hall–Kier alpha value is -2.34. The number of amides is 2. The van der Waals surface area contributed by atoms with E-state index >= 15 is 0 Å². The molecule has 6 heteroatoms. The lowest BCUT2D eigenvalue weighted by Crippen LogP contribution is -2.27. The summed E-state index contributed by atoms with van der Waals surface area (Å²) in [5, 5.41) is 7.44. The Morgan fingerprint density at radius 1 is 1.14 bits per heavy atom. The summed E-state index contributed by atoms with van der Waals surface area (Å²) in [6.45, 7) is 0. The minimum atomic E-state index is -0.297. The molecule has 0 spiro atoms. The topological polar surface area (TPSA) is 84.2 Å². The third-order valence-electron chi connectivity index (χ3n) is 3.23. The molecule has 2 aromatic rings. The minimum absolute atomic E-state index is 0.160. The zero-order valence-electron chi connectivity index (χ0n) is 11.3. The van der Waals surface area contributed by atoms with Gasteiger partial charge in [-0.1, -0.05) is 12.1 Å². The van der Waals surface area contributed by atoms with Gasteiger partial charge in [-0.2, -0.15) is 0 Å². The molecule has 1 aliphatic rings. The average molecular weight is 301 g/mol. The molecule has 0 radical (unpaired) electrons.